The van der Waals surface area contributed by atoms with Gasteiger partial charge in [-0.3, -0.25) is 14.9 Å². The van der Waals surface area contributed by atoms with Crippen LogP contribution in [0.1, 0.15) is 71.1 Å². The van der Waals surface area contributed by atoms with Crippen molar-refractivity contribution in [2.24, 2.45) is 23.2 Å². The molecule has 5 saturated carbocycles. The monoisotopic (exact) mass is 391 g/mol. The van der Waals surface area contributed by atoms with Crippen molar-refractivity contribution in [3.8, 4) is 0 Å². The first kappa shape index (κ1) is 18.3. The second kappa shape index (κ2) is 6.94. The van der Waals surface area contributed by atoms with Crippen molar-refractivity contribution in [3.05, 3.63) is 0 Å². The zero-order chi connectivity index (χ0) is 18.6. The Morgan fingerprint density at radius 3 is 2.30 bits per heavy atom. The molecule has 0 aromatic heterocycles. The van der Waals surface area contributed by atoms with E-state index in [-0.39, 0.29) is 17.3 Å². The smallest absolute Gasteiger partial charge is 0.222 e. The number of fused-ring (bicyclic) bond motifs is 1. The molecule has 5 nitrogen and oxygen atoms in total. The molecule has 6 aliphatic rings. The number of hydrogen-bond donors (Lipinski definition) is 3. The lowest BCUT2D eigenvalue weighted by Gasteiger charge is -2.56. The van der Waals surface area contributed by atoms with Gasteiger partial charge in [-0.25, -0.2) is 0 Å². The molecule has 0 aromatic rings. The minimum Gasteiger partial charge on any atom is -0.354 e. The summed E-state index contributed by atoms with van der Waals surface area (Å²) in [6.07, 6.45) is 12.0. The molecule has 0 spiro atoms. The number of nitrogens with one attached hydrogen (secondary N) is 3. The molecule has 2 amide bonds. The maximum Gasteiger partial charge on any atom is 0.222 e. The van der Waals surface area contributed by atoms with Crippen LogP contribution in [0.25, 0.3) is 0 Å². The van der Waals surface area contributed by atoms with Gasteiger partial charge in [-0.05, 0) is 81.0 Å². The van der Waals surface area contributed by atoms with Gasteiger partial charge in [0.2, 0.25) is 11.8 Å². The summed E-state index contributed by atoms with van der Waals surface area (Å²) in [5.41, 5.74) is 0.350. The van der Waals surface area contributed by atoms with Gasteiger partial charge >= 0.3 is 0 Å². The van der Waals surface area contributed by atoms with E-state index in [1.807, 2.05) is 11.8 Å². The zero-order valence-corrected chi connectivity index (χ0v) is 17.2. The minimum absolute atomic E-state index is 0.0393. The number of carbonyl (C=O) groups is 2. The van der Waals surface area contributed by atoms with E-state index in [2.05, 4.69) is 16.0 Å². The predicted molar refractivity (Wildman–Crippen MR) is 107 cm³/mol. The van der Waals surface area contributed by atoms with Crippen LogP contribution in [-0.2, 0) is 9.59 Å². The van der Waals surface area contributed by atoms with E-state index in [1.165, 1.54) is 38.5 Å². The van der Waals surface area contributed by atoms with Crippen molar-refractivity contribution in [1.29, 1.82) is 0 Å². The first-order valence-corrected chi connectivity index (χ1v) is 11.9. The fourth-order valence-electron chi connectivity index (χ4n) is 7.42. The molecule has 1 aliphatic heterocycles. The molecule has 27 heavy (non-hydrogen) atoms. The number of hydrogen-bond acceptors (Lipinski definition) is 4. The minimum atomic E-state index is 0.0393. The summed E-state index contributed by atoms with van der Waals surface area (Å²) >= 11 is 1.85. The fourth-order valence-corrected chi connectivity index (χ4v) is 8.97. The van der Waals surface area contributed by atoms with E-state index in [4.69, 9.17) is 0 Å². The van der Waals surface area contributed by atoms with Gasteiger partial charge in [0.1, 0.15) is 5.50 Å². The number of thioether (sulfide) groups is 1. The van der Waals surface area contributed by atoms with Crippen LogP contribution in [0, 0.1) is 23.2 Å². The SMILES string of the molecule is CC(=O)N[C@H]1CC[C@H]2N[C@@H](NC(=O)CC34CC5CC(CC(C5)C3)C4)S[C@H]2C1. The van der Waals surface area contributed by atoms with E-state index < -0.39 is 0 Å². The van der Waals surface area contributed by atoms with Gasteiger partial charge in [0.05, 0.1) is 0 Å². The predicted octanol–water partition coefficient (Wildman–Crippen LogP) is 2.75. The molecule has 3 N–H and O–H groups in total. The Morgan fingerprint density at radius 1 is 1.00 bits per heavy atom. The first-order chi connectivity index (χ1) is 13.0. The fraction of sp³-hybridized carbons (Fsp3) is 0.905. The van der Waals surface area contributed by atoms with Crippen LogP contribution in [0.4, 0.5) is 0 Å². The van der Waals surface area contributed by atoms with Crippen LogP contribution in [0.5, 0.6) is 0 Å². The maximum absolute atomic E-state index is 12.9. The van der Waals surface area contributed by atoms with Gasteiger partial charge in [0.25, 0.3) is 0 Å². The standard InChI is InChI=1S/C21H33N3O2S/c1-12(25)22-16-2-3-17-18(7-16)27-20(23-17)24-19(26)11-21-8-13-4-14(9-21)6-15(5-13)10-21/h13-18,20,23H,2-11H2,1H3,(H,22,25)(H,24,26)/t13?,14?,15?,16-,17+,18-,20-,21?/m0/s1. The topological polar surface area (TPSA) is 70.2 Å². The lowest BCUT2D eigenvalue weighted by atomic mass is 9.49. The zero-order valence-electron chi connectivity index (χ0n) is 16.3. The average molecular weight is 392 g/mol. The van der Waals surface area contributed by atoms with Crippen LogP contribution < -0.4 is 16.0 Å². The van der Waals surface area contributed by atoms with Gasteiger partial charge in [0.15, 0.2) is 0 Å². The van der Waals surface area contributed by atoms with Gasteiger partial charge in [-0.15, -0.1) is 11.8 Å². The molecule has 1 saturated heterocycles. The average Bonchev–Trinajstić information content (AvgIpc) is 2.93. The van der Waals surface area contributed by atoms with E-state index in [9.17, 15) is 9.59 Å². The molecule has 1 heterocycles. The quantitative estimate of drug-likeness (QED) is 0.689. The highest BCUT2D eigenvalue weighted by Crippen LogP contribution is 2.61. The molecular weight excluding hydrogens is 358 g/mol. The normalized spacial score (nSPS) is 47.5. The Labute approximate surface area is 166 Å². The van der Waals surface area contributed by atoms with E-state index in [0.717, 1.165) is 43.4 Å². The summed E-state index contributed by atoms with van der Waals surface area (Å²) in [6.45, 7) is 1.60. The molecule has 0 aromatic carbocycles. The summed E-state index contributed by atoms with van der Waals surface area (Å²) in [7, 11) is 0. The Hall–Kier alpha value is -0.750. The van der Waals surface area contributed by atoms with E-state index >= 15 is 0 Å². The molecule has 4 atom stereocenters. The number of amides is 2. The molecule has 150 valence electrons. The first-order valence-electron chi connectivity index (χ1n) is 10.9. The van der Waals surface area contributed by atoms with Gasteiger partial charge in [0, 0.05) is 30.7 Å². The Morgan fingerprint density at radius 2 is 1.67 bits per heavy atom. The molecular formula is C21H33N3O2S. The maximum atomic E-state index is 12.9. The summed E-state index contributed by atoms with van der Waals surface area (Å²) < 4.78 is 0. The molecule has 4 bridgehead atoms. The van der Waals surface area contributed by atoms with Crippen LogP contribution in [0.15, 0.2) is 0 Å². The summed E-state index contributed by atoms with van der Waals surface area (Å²) in [5.74, 6) is 3.01. The van der Waals surface area contributed by atoms with Crippen LogP contribution >= 0.6 is 11.8 Å². The Bertz CT molecular complexity index is 589. The van der Waals surface area contributed by atoms with Gasteiger partial charge in [-0.1, -0.05) is 0 Å². The van der Waals surface area contributed by atoms with Gasteiger partial charge in [-0.2, -0.15) is 0 Å². The number of rotatable bonds is 4. The highest BCUT2D eigenvalue weighted by atomic mass is 32.2. The van der Waals surface area contributed by atoms with Crippen LogP contribution in [0.2, 0.25) is 0 Å². The Kier molecular flexibility index (Phi) is 4.70. The lowest BCUT2D eigenvalue weighted by Crippen LogP contribution is -2.50. The van der Waals surface area contributed by atoms with Crippen molar-refractivity contribution in [2.45, 2.75) is 94.0 Å². The highest BCUT2D eigenvalue weighted by molar-refractivity contribution is 8.00. The van der Waals surface area contributed by atoms with Crippen molar-refractivity contribution in [2.75, 3.05) is 0 Å². The van der Waals surface area contributed by atoms with Gasteiger partial charge < -0.3 is 10.6 Å². The second-order valence-corrected chi connectivity index (χ2v) is 11.5. The largest absolute Gasteiger partial charge is 0.354 e. The summed E-state index contributed by atoms with van der Waals surface area (Å²) in [6, 6.07) is 0.754. The van der Waals surface area contributed by atoms with Crippen molar-refractivity contribution in [1.82, 2.24) is 16.0 Å². The molecule has 0 unspecified atom stereocenters. The van der Waals surface area contributed by atoms with Crippen molar-refractivity contribution < 1.29 is 9.59 Å². The third kappa shape index (κ3) is 3.76. The highest BCUT2D eigenvalue weighted by Gasteiger charge is 2.51. The molecule has 6 heteroatoms. The summed E-state index contributed by atoms with van der Waals surface area (Å²) in [5, 5.41) is 10.5. The van der Waals surface area contributed by atoms with Crippen LogP contribution in [-0.4, -0.2) is 34.6 Å². The van der Waals surface area contributed by atoms with E-state index in [1.54, 1.807) is 6.92 Å². The second-order valence-electron chi connectivity index (χ2n) is 10.2. The molecule has 6 fully saturated rings. The lowest BCUT2D eigenvalue weighted by molar-refractivity contribution is -0.129. The summed E-state index contributed by atoms with van der Waals surface area (Å²) in [4.78, 5) is 24.2. The van der Waals surface area contributed by atoms with Crippen LogP contribution in [0.3, 0.4) is 0 Å². The van der Waals surface area contributed by atoms with Crippen molar-refractivity contribution in [3.63, 3.8) is 0 Å². The third-order valence-electron chi connectivity index (χ3n) is 7.87. The van der Waals surface area contributed by atoms with Crippen molar-refractivity contribution >= 4 is 23.6 Å². The number of carbonyl (C=O) groups excluding carboxylic acids is 2. The molecule has 0 radical (unpaired) electrons. The molecule has 6 rings (SSSR count). The third-order valence-corrected chi connectivity index (χ3v) is 9.26. The molecule has 5 aliphatic carbocycles. The van der Waals surface area contributed by atoms with E-state index in [0.29, 0.717) is 22.7 Å². The Balaban J connectivity index is 1.14.